The average Bonchev–Trinajstić information content (AvgIpc) is 1.41. The summed E-state index contributed by atoms with van der Waals surface area (Å²) in [6.45, 7) is 0. The molecule has 0 saturated heterocycles. The number of halogens is 1. The normalized spacial score (nSPS) is 8.40. The van der Waals surface area contributed by atoms with Gasteiger partial charge >= 0.3 is 0 Å². The van der Waals surface area contributed by atoms with Gasteiger partial charge in [-0.15, -0.1) is 11.8 Å². The van der Waals surface area contributed by atoms with Crippen molar-refractivity contribution in [3.05, 3.63) is 0 Å². The predicted octanol–water partition coefficient (Wildman–Crippen LogP) is 1.02. The topological polar surface area (TPSA) is 20.2 Å². The van der Waals surface area contributed by atoms with Crippen LogP contribution in [0.5, 0.6) is 0 Å². The van der Waals surface area contributed by atoms with E-state index in [1.54, 1.807) is 0 Å². The molecule has 0 atom stereocenters. The molecule has 0 aromatic rings. The van der Waals surface area contributed by atoms with Crippen molar-refractivity contribution in [1.29, 1.82) is 0 Å². The fourth-order valence-electron chi connectivity index (χ4n) is 0.0345. The molecule has 0 aliphatic carbocycles. The molecule has 0 aromatic heterocycles. The summed E-state index contributed by atoms with van der Waals surface area (Å²) in [5.41, 5.74) is 0. The first kappa shape index (κ1) is 5.79. The molecule has 0 aromatic carbocycles. The molecule has 1 nitrogen and oxygen atoms in total. The van der Waals surface area contributed by atoms with Crippen LogP contribution in [0.1, 0.15) is 0 Å². The standard InChI is InChI=1S/C2H5BrOS/c3-1-5-2-4/h4H,1-2H2. The van der Waals surface area contributed by atoms with Crippen molar-refractivity contribution in [2.75, 3.05) is 10.6 Å². The first-order valence-electron chi connectivity index (χ1n) is 1.16. The molecule has 0 rings (SSSR count). The van der Waals surface area contributed by atoms with Crippen molar-refractivity contribution in [2.45, 2.75) is 0 Å². The molecular weight excluding hydrogens is 152 g/mol. The van der Waals surface area contributed by atoms with Crippen molar-refractivity contribution in [3.63, 3.8) is 0 Å². The molecular formula is C2H5BrOS. The Hall–Kier alpha value is 0.790. The van der Waals surface area contributed by atoms with Gasteiger partial charge in [-0.25, -0.2) is 0 Å². The second kappa shape index (κ2) is 4.79. The van der Waals surface area contributed by atoms with Crippen LogP contribution < -0.4 is 0 Å². The highest BCUT2D eigenvalue weighted by Crippen LogP contribution is 1.99. The van der Waals surface area contributed by atoms with Gasteiger partial charge in [0.2, 0.25) is 0 Å². The van der Waals surface area contributed by atoms with Gasteiger partial charge in [-0.1, -0.05) is 15.9 Å². The maximum atomic E-state index is 8.00. The summed E-state index contributed by atoms with van der Waals surface area (Å²) in [6.07, 6.45) is 0. The van der Waals surface area contributed by atoms with Gasteiger partial charge in [0.25, 0.3) is 0 Å². The van der Waals surface area contributed by atoms with Gasteiger partial charge in [-0.3, -0.25) is 0 Å². The Balaban J connectivity index is 2.19. The van der Waals surface area contributed by atoms with Crippen LogP contribution >= 0.6 is 27.7 Å². The molecule has 1 N–H and O–H groups in total. The van der Waals surface area contributed by atoms with Gasteiger partial charge in [-0.2, -0.15) is 0 Å². The number of thioether (sulfide) groups is 1. The van der Waals surface area contributed by atoms with Gasteiger partial charge in [0.1, 0.15) is 0 Å². The Morgan fingerprint density at radius 3 is 2.40 bits per heavy atom. The Kier molecular flexibility index (Phi) is 5.55. The molecule has 0 amide bonds. The van der Waals surface area contributed by atoms with Crippen molar-refractivity contribution in [3.8, 4) is 0 Å². The Bertz CT molecular complexity index is 17.1. The highest BCUT2D eigenvalue weighted by molar-refractivity contribution is 9.11. The van der Waals surface area contributed by atoms with Gasteiger partial charge in [0.15, 0.2) is 0 Å². The van der Waals surface area contributed by atoms with Crippen LogP contribution in [-0.2, 0) is 0 Å². The summed E-state index contributed by atoms with van der Waals surface area (Å²) in [5.74, 6) is 0.214. The Morgan fingerprint density at radius 2 is 2.40 bits per heavy atom. The summed E-state index contributed by atoms with van der Waals surface area (Å²) >= 11 is 4.55. The molecule has 0 aliphatic heterocycles. The van der Waals surface area contributed by atoms with E-state index in [-0.39, 0.29) is 5.94 Å². The number of aliphatic hydroxyl groups excluding tert-OH is 1. The molecule has 5 heavy (non-hydrogen) atoms. The third kappa shape index (κ3) is 4.79. The largest absolute Gasteiger partial charge is 0.386 e. The van der Waals surface area contributed by atoms with E-state index in [9.17, 15) is 0 Å². The number of hydrogen-bond acceptors (Lipinski definition) is 2. The maximum Gasteiger partial charge on any atom is 0.0894 e. The van der Waals surface area contributed by atoms with E-state index in [4.69, 9.17) is 5.11 Å². The van der Waals surface area contributed by atoms with Crippen molar-refractivity contribution in [2.24, 2.45) is 0 Å². The smallest absolute Gasteiger partial charge is 0.0894 e. The SMILES string of the molecule is OCSCBr. The zero-order valence-corrected chi connectivity index (χ0v) is 5.05. The third-order valence-electron chi connectivity index (χ3n) is 0.168. The minimum atomic E-state index is 0.214. The summed E-state index contributed by atoms with van der Waals surface area (Å²) in [6, 6.07) is 0. The van der Waals surface area contributed by atoms with Gasteiger partial charge in [-0.05, 0) is 0 Å². The minimum absolute atomic E-state index is 0.214. The molecule has 0 radical (unpaired) electrons. The lowest BCUT2D eigenvalue weighted by atomic mass is 11.7. The monoisotopic (exact) mass is 156 g/mol. The molecule has 0 unspecified atom stereocenters. The van der Waals surface area contributed by atoms with E-state index in [1.807, 2.05) is 0 Å². The minimum Gasteiger partial charge on any atom is -0.386 e. The van der Waals surface area contributed by atoms with E-state index in [0.717, 1.165) is 4.66 Å². The average molecular weight is 157 g/mol. The van der Waals surface area contributed by atoms with Crippen molar-refractivity contribution >= 4 is 27.7 Å². The van der Waals surface area contributed by atoms with E-state index in [2.05, 4.69) is 15.9 Å². The molecule has 0 heterocycles. The van der Waals surface area contributed by atoms with E-state index in [0.29, 0.717) is 0 Å². The van der Waals surface area contributed by atoms with Gasteiger partial charge < -0.3 is 5.11 Å². The zero-order chi connectivity index (χ0) is 4.12. The van der Waals surface area contributed by atoms with Crippen molar-refractivity contribution < 1.29 is 5.11 Å². The highest BCUT2D eigenvalue weighted by atomic mass is 79.9. The van der Waals surface area contributed by atoms with E-state index < -0.39 is 0 Å². The second-order valence-corrected chi connectivity index (χ2v) is 2.70. The van der Waals surface area contributed by atoms with Crippen LogP contribution in [0.2, 0.25) is 0 Å². The third-order valence-corrected chi connectivity index (χ3v) is 1.48. The van der Waals surface area contributed by atoms with E-state index >= 15 is 0 Å². The van der Waals surface area contributed by atoms with Crippen LogP contribution in [0, 0.1) is 0 Å². The summed E-state index contributed by atoms with van der Waals surface area (Å²) < 4.78 is 0.823. The quantitative estimate of drug-likeness (QED) is 0.477. The molecule has 3 heteroatoms. The Labute approximate surface area is 43.9 Å². The summed E-state index contributed by atoms with van der Waals surface area (Å²) in [5, 5.41) is 8.00. The van der Waals surface area contributed by atoms with Gasteiger partial charge in [0, 0.05) is 0 Å². The summed E-state index contributed by atoms with van der Waals surface area (Å²) in [7, 11) is 0. The van der Waals surface area contributed by atoms with Crippen molar-refractivity contribution in [1.82, 2.24) is 0 Å². The number of hydrogen-bond donors (Lipinski definition) is 1. The first-order chi connectivity index (χ1) is 2.41. The predicted molar refractivity (Wildman–Crippen MR) is 28.5 cm³/mol. The molecule has 0 bridgehead atoms. The fourth-order valence-corrected chi connectivity index (χ4v) is 0.538. The second-order valence-electron chi connectivity index (χ2n) is 0.442. The molecule has 0 spiro atoms. The van der Waals surface area contributed by atoms with Gasteiger partial charge in [0.05, 0.1) is 10.6 Å². The highest BCUT2D eigenvalue weighted by Gasteiger charge is 1.70. The van der Waals surface area contributed by atoms with E-state index in [1.165, 1.54) is 11.8 Å². The molecule has 32 valence electrons. The Morgan fingerprint density at radius 1 is 1.80 bits per heavy atom. The zero-order valence-electron chi connectivity index (χ0n) is 2.65. The van der Waals surface area contributed by atoms with Crippen LogP contribution in [0.3, 0.4) is 0 Å². The number of alkyl halides is 1. The fraction of sp³-hybridized carbons (Fsp3) is 1.00. The van der Waals surface area contributed by atoms with Crippen LogP contribution in [-0.4, -0.2) is 15.7 Å². The molecule has 0 saturated carbocycles. The number of aliphatic hydroxyl groups is 1. The molecule has 0 aliphatic rings. The summed E-state index contributed by atoms with van der Waals surface area (Å²) in [4.78, 5) is 0. The lowest BCUT2D eigenvalue weighted by Gasteiger charge is -1.78. The molecule has 0 fully saturated rings. The lowest BCUT2D eigenvalue weighted by Crippen LogP contribution is -1.66. The number of rotatable bonds is 2. The lowest BCUT2D eigenvalue weighted by molar-refractivity contribution is 0.375. The van der Waals surface area contributed by atoms with Crippen LogP contribution in [0.15, 0.2) is 0 Å². The maximum absolute atomic E-state index is 8.00. The van der Waals surface area contributed by atoms with Crippen LogP contribution in [0.25, 0.3) is 0 Å². The first-order valence-corrected chi connectivity index (χ1v) is 3.44. The van der Waals surface area contributed by atoms with Crippen LogP contribution in [0.4, 0.5) is 0 Å².